The molecule has 1 aromatic rings. The minimum absolute atomic E-state index is 0.747. The lowest BCUT2D eigenvalue weighted by atomic mass is 10.4. The summed E-state index contributed by atoms with van der Waals surface area (Å²) in [5, 5.41) is 0.988. The normalized spacial score (nSPS) is 15.8. The molecule has 0 aliphatic carbocycles. The minimum Gasteiger partial charge on any atom is -0.319 e. The molecule has 1 nitrogen and oxygen atoms in total. The summed E-state index contributed by atoms with van der Waals surface area (Å²) in [4.78, 5) is 0. The highest BCUT2D eigenvalue weighted by molar-refractivity contribution is 7.70. The molecular weight excluding hydrogens is 155 g/mol. The summed E-state index contributed by atoms with van der Waals surface area (Å²) in [5.74, 6) is 0. The van der Waals surface area contributed by atoms with Crippen LogP contribution in [-0.2, 0) is 4.57 Å². The maximum atomic E-state index is 11.8. The van der Waals surface area contributed by atoms with Gasteiger partial charge in [0.1, 0.15) is 7.14 Å². The Bertz CT molecular complexity index is 266. The van der Waals surface area contributed by atoms with Crippen LogP contribution in [-0.4, -0.2) is 12.8 Å². The smallest absolute Gasteiger partial charge is 0.112 e. The molecule has 0 saturated heterocycles. The molecule has 2 heteroatoms. The van der Waals surface area contributed by atoms with Gasteiger partial charge in [-0.25, -0.2) is 0 Å². The summed E-state index contributed by atoms with van der Waals surface area (Å²) >= 11 is 0. The van der Waals surface area contributed by atoms with Crippen LogP contribution in [0, 0.1) is 0 Å². The molecule has 0 amide bonds. The molecule has 1 atom stereocenters. The van der Waals surface area contributed by atoms with E-state index in [0.717, 1.165) is 11.5 Å². The lowest BCUT2D eigenvalue weighted by Gasteiger charge is -2.09. The van der Waals surface area contributed by atoms with E-state index in [2.05, 4.69) is 0 Å². The van der Waals surface area contributed by atoms with Gasteiger partial charge in [0.25, 0.3) is 0 Å². The van der Waals surface area contributed by atoms with Crippen LogP contribution in [0.15, 0.2) is 30.3 Å². The van der Waals surface area contributed by atoms with Crippen molar-refractivity contribution in [2.24, 2.45) is 0 Å². The molecule has 60 valence electrons. The fraction of sp³-hybridized carbons (Fsp3) is 0.333. The Morgan fingerprint density at radius 3 is 2.27 bits per heavy atom. The van der Waals surface area contributed by atoms with Crippen LogP contribution in [0.1, 0.15) is 6.92 Å². The molecule has 0 saturated carbocycles. The van der Waals surface area contributed by atoms with Gasteiger partial charge in [-0.15, -0.1) is 0 Å². The van der Waals surface area contributed by atoms with Gasteiger partial charge in [-0.1, -0.05) is 37.3 Å². The van der Waals surface area contributed by atoms with Crippen LogP contribution < -0.4 is 5.30 Å². The fourth-order valence-corrected chi connectivity index (χ4v) is 2.09. The summed E-state index contributed by atoms with van der Waals surface area (Å²) < 4.78 is 11.8. The third kappa shape index (κ3) is 1.94. The first kappa shape index (κ1) is 8.55. The van der Waals surface area contributed by atoms with Gasteiger partial charge >= 0.3 is 0 Å². The molecule has 0 radical (unpaired) electrons. The molecule has 0 fully saturated rings. The Balaban J connectivity index is 3.03. The highest BCUT2D eigenvalue weighted by Crippen LogP contribution is 2.38. The van der Waals surface area contributed by atoms with E-state index in [1.807, 2.05) is 43.9 Å². The molecule has 11 heavy (non-hydrogen) atoms. The first-order valence-electron chi connectivity index (χ1n) is 3.79. The number of hydrogen-bond donors (Lipinski definition) is 0. The van der Waals surface area contributed by atoms with Crippen molar-refractivity contribution in [1.82, 2.24) is 0 Å². The van der Waals surface area contributed by atoms with Crippen LogP contribution >= 0.6 is 7.14 Å². The lowest BCUT2D eigenvalue weighted by molar-refractivity contribution is 0.585. The Morgan fingerprint density at radius 1 is 1.27 bits per heavy atom. The van der Waals surface area contributed by atoms with Gasteiger partial charge < -0.3 is 4.57 Å². The molecule has 0 N–H and O–H groups in total. The highest BCUT2D eigenvalue weighted by atomic mass is 31.2. The van der Waals surface area contributed by atoms with Crippen LogP contribution in [0.2, 0.25) is 0 Å². The molecule has 0 aromatic heterocycles. The second-order valence-electron chi connectivity index (χ2n) is 2.75. The molecule has 1 rings (SSSR count). The quantitative estimate of drug-likeness (QED) is 0.619. The molecule has 0 heterocycles. The highest BCUT2D eigenvalue weighted by Gasteiger charge is 2.13. The second kappa shape index (κ2) is 3.23. The van der Waals surface area contributed by atoms with Crippen molar-refractivity contribution < 1.29 is 4.57 Å². The zero-order chi connectivity index (χ0) is 8.32. The predicted octanol–water partition coefficient (Wildman–Crippen LogP) is 2.32. The van der Waals surface area contributed by atoms with E-state index < -0.39 is 7.14 Å². The van der Waals surface area contributed by atoms with Crippen molar-refractivity contribution in [3.8, 4) is 0 Å². The van der Waals surface area contributed by atoms with Crippen LogP contribution in [0.25, 0.3) is 0 Å². The summed E-state index contributed by atoms with van der Waals surface area (Å²) in [6.07, 6.45) is 0.747. The van der Waals surface area contributed by atoms with Crippen LogP contribution in [0.5, 0.6) is 0 Å². The van der Waals surface area contributed by atoms with E-state index in [1.165, 1.54) is 0 Å². The van der Waals surface area contributed by atoms with Crippen LogP contribution in [0.3, 0.4) is 0 Å². The van der Waals surface area contributed by atoms with E-state index in [0.29, 0.717) is 0 Å². The predicted molar refractivity (Wildman–Crippen MR) is 50.1 cm³/mol. The second-order valence-corrected chi connectivity index (χ2v) is 6.10. The van der Waals surface area contributed by atoms with Crippen molar-refractivity contribution in [2.45, 2.75) is 6.92 Å². The monoisotopic (exact) mass is 168 g/mol. The van der Waals surface area contributed by atoms with E-state index in [1.54, 1.807) is 0 Å². The fourth-order valence-electron chi connectivity index (χ4n) is 0.926. The standard InChI is InChI=1S/C9H13OP/c1-3-11(2,10)9-7-5-4-6-8-9/h4-8H,3H2,1-2H3/t11-/m0/s1. The average molecular weight is 168 g/mol. The molecule has 0 unspecified atom stereocenters. The average Bonchev–Trinajstić information content (AvgIpc) is 2.06. The number of hydrogen-bond acceptors (Lipinski definition) is 1. The molecule has 1 aromatic carbocycles. The lowest BCUT2D eigenvalue weighted by Crippen LogP contribution is -2.03. The van der Waals surface area contributed by atoms with Gasteiger partial charge in [-0.3, -0.25) is 0 Å². The van der Waals surface area contributed by atoms with E-state index >= 15 is 0 Å². The zero-order valence-electron chi connectivity index (χ0n) is 6.95. The van der Waals surface area contributed by atoms with Gasteiger partial charge in [-0.05, 0) is 6.66 Å². The van der Waals surface area contributed by atoms with E-state index in [-0.39, 0.29) is 0 Å². The van der Waals surface area contributed by atoms with Gasteiger partial charge in [0.15, 0.2) is 0 Å². The molecular formula is C9H13OP. The minimum atomic E-state index is -2.03. The molecule has 0 spiro atoms. The third-order valence-electron chi connectivity index (χ3n) is 1.91. The van der Waals surface area contributed by atoms with Crippen LogP contribution in [0.4, 0.5) is 0 Å². The van der Waals surface area contributed by atoms with Gasteiger partial charge in [0.2, 0.25) is 0 Å². The SMILES string of the molecule is CC[P@](C)(=O)c1ccccc1. The summed E-state index contributed by atoms with van der Waals surface area (Å²) in [6, 6.07) is 9.68. The van der Waals surface area contributed by atoms with Gasteiger partial charge in [0.05, 0.1) is 0 Å². The summed E-state index contributed by atoms with van der Waals surface area (Å²) in [6.45, 7) is 3.80. The Labute approximate surface area is 67.8 Å². The summed E-state index contributed by atoms with van der Waals surface area (Å²) in [7, 11) is -2.03. The van der Waals surface area contributed by atoms with Gasteiger partial charge in [-0.2, -0.15) is 0 Å². The van der Waals surface area contributed by atoms with Crippen molar-refractivity contribution in [1.29, 1.82) is 0 Å². The number of benzene rings is 1. The Kier molecular flexibility index (Phi) is 2.51. The summed E-state index contributed by atoms with van der Waals surface area (Å²) in [5.41, 5.74) is 0. The molecule has 0 bridgehead atoms. The molecule has 0 aliphatic rings. The number of rotatable bonds is 2. The zero-order valence-corrected chi connectivity index (χ0v) is 7.84. The Hall–Kier alpha value is -0.550. The van der Waals surface area contributed by atoms with E-state index in [4.69, 9.17) is 0 Å². The van der Waals surface area contributed by atoms with E-state index in [9.17, 15) is 4.57 Å². The Morgan fingerprint density at radius 2 is 1.82 bits per heavy atom. The maximum Gasteiger partial charge on any atom is 0.112 e. The largest absolute Gasteiger partial charge is 0.319 e. The van der Waals surface area contributed by atoms with Crippen molar-refractivity contribution >= 4 is 12.4 Å². The third-order valence-corrected chi connectivity index (χ3v) is 4.50. The first-order chi connectivity index (χ1) is 5.17. The first-order valence-corrected chi connectivity index (χ1v) is 6.13. The topological polar surface area (TPSA) is 17.1 Å². The van der Waals surface area contributed by atoms with Gasteiger partial charge in [0, 0.05) is 11.5 Å². The van der Waals surface area contributed by atoms with Crippen molar-refractivity contribution in [3.63, 3.8) is 0 Å². The molecule has 0 aliphatic heterocycles. The van der Waals surface area contributed by atoms with Crippen molar-refractivity contribution in [2.75, 3.05) is 12.8 Å². The maximum absolute atomic E-state index is 11.8. The van der Waals surface area contributed by atoms with Crippen molar-refractivity contribution in [3.05, 3.63) is 30.3 Å².